The lowest BCUT2D eigenvalue weighted by Crippen LogP contribution is -2.02. The molecule has 2 aromatic carbocycles. The van der Waals surface area contributed by atoms with Crippen LogP contribution in [0.2, 0.25) is 5.02 Å². The van der Waals surface area contributed by atoms with Gasteiger partial charge in [-0.15, -0.1) is 0 Å². The first kappa shape index (κ1) is 14.4. The van der Waals surface area contributed by atoms with E-state index in [1.807, 2.05) is 12.1 Å². The fraction of sp³-hybridized carbons (Fsp3) is 0.188. The molecule has 0 heterocycles. The molecule has 0 saturated heterocycles. The molecule has 2 aromatic rings. The molecule has 1 aliphatic rings. The molecule has 1 unspecified atom stereocenters. The van der Waals surface area contributed by atoms with Crippen LogP contribution in [0.25, 0.3) is 0 Å². The van der Waals surface area contributed by atoms with Gasteiger partial charge in [0, 0.05) is 22.9 Å². The molecule has 0 aliphatic heterocycles. The number of carbonyl (C=O) groups is 1. The van der Waals surface area contributed by atoms with Gasteiger partial charge in [0.1, 0.15) is 0 Å². The van der Waals surface area contributed by atoms with Gasteiger partial charge < -0.3 is 0 Å². The van der Waals surface area contributed by atoms with E-state index in [2.05, 4.69) is 47.8 Å². The maximum Gasteiger partial charge on any atom is 0.194 e. The van der Waals surface area contributed by atoms with E-state index in [1.165, 1.54) is 0 Å². The Labute approximate surface area is 154 Å². The third-order valence-corrected chi connectivity index (χ3v) is 5.72. The molecule has 1 saturated carbocycles. The van der Waals surface area contributed by atoms with Crippen molar-refractivity contribution in [3.63, 3.8) is 0 Å². The Bertz CT molecular complexity index is 760. The topological polar surface area (TPSA) is 17.1 Å². The molecule has 0 spiro atoms. The summed E-state index contributed by atoms with van der Waals surface area (Å²) in [5, 5.41) is 0.427. The zero-order valence-corrected chi connectivity index (χ0v) is 16.2. The van der Waals surface area contributed by atoms with E-state index < -0.39 is 5.89 Å². The van der Waals surface area contributed by atoms with Crippen LogP contribution >= 0.6 is 59.4 Å². The maximum absolute atomic E-state index is 12.6. The van der Waals surface area contributed by atoms with Gasteiger partial charge in [0.15, 0.2) is 5.78 Å². The van der Waals surface area contributed by atoms with Crippen LogP contribution in [0, 0.1) is 0 Å². The molecular weight excluding hydrogens is 483 g/mol. The zero-order chi connectivity index (χ0) is 16.1. The summed E-state index contributed by atoms with van der Waals surface area (Å²) >= 11 is 16.4. The standard InChI is InChI=1S/C16H10Br3ClO/c17-11-5-6-14(20)12(7-11)15(21)10-3-1-9(2-4-10)13-8-16(13,18)19/h1-7,13H,8H2/i13D. The van der Waals surface area contributed by atoms with Crippen molar-refractivity contribution in [2.75, 3.05) is 0 Å². The molecule has 1 nitrogen and oxygen atoms in total. The number of carbonyl (C=O) groups excluding carboxylic acids is 1. The molecule has 0 radical (unpaired) electrons. The predicted molar refractivity (Wildman–Crippen MR) is 97.0 cm³/mol. The van der Waals surface area contributed by atoms with Crippen molar-refractivity contribution in [2.24, 2.45) is 0 Å². The first-order chi connectivity index (χ1) is 10.2. The van der Waals surface area contributed by atoms with Crippen molar-refractivity contribution < 1.29 is 6.17 Å². The fourth-order valence-corrected chi connectivity index (χ4v) is 3.72. The van der Waals surface area contributed by atoms with Crippen molar-refractivity contribution in [1.82, 2.24) is 0 Å². The van der Waals surface area contributed by atoms with Crippen LogP contribution in [0.1, 0.15) is 35.2 Å². The van der Waals surface area contributed by atoms with Gasteiger partial charge in [-0.05, 0) is 30.2 Å². The van der Waals surface area contributed by atoms with Gasteiger partial charge in [0.2, 0.25) is 0 Å². The van der Waals surface area contributed by atoms with E-state index >= 15 is 0 Å². The smallest absolute Gasteiger partial charge is 0.194 e. The lowest BCUT2D eigenvalue weighted by Gasteiger charge is -2.06. The minimum atomic E-state index is -0.692. The van der Waals surface area contributed by atoms with Gasteiger partial charge in [-0.1, -0.05) is 83.7 Å². The van der Waals surface area contributed by atoms with Gasteiger partial charge in [-0.2, -0.15) is 0 Å². The van der Waals surface area contributed by atoms with Gasteiger partial charge in [-0.25, -0.2) is 0 Å². The Kier molecular flexibility index (Phi) is 3.99. The first-order valence-corrected chi connectivity index (χ1v) is 8.98. The monoisotopic (exact) mass is 491 g/mol. The number of hydrogen-bond acceptors (Lipinski definition) is 1. The second-order valence-corrected chi connectivity index (χ2v) is 9.98. The number of rotatable bonds is 3. The summed E-state index contributed by atoms with van der Waals surface area (Å²) in [6.45, 7) is 0. The third-order valence-electron chi connectivity index (χ3n) is 3.38. The molecule has 1 atom stereocenters. The molecular formula is C16H10Br3ClO. The first-order valence-electron chi connectivity index (χ1n) is 6.73. The molecule has 1 aliphatic carbocycles. The highest BCUT2D eigenvalue weighted by molar-refractivity contribution is 9.25. The Morgan fingerprint density at radius 3 is 2.43 bits per heavy atom. The Morgan fingerprint density at radius 2 is 1.86 bits per heavy atom. The van der Waals surface area contributed by atoms with E-state index in [1.54, 1.807) is 30.3 Å². The Morgan fingerprint density at radius 1 is 1.24 bits per heavy atom. The molecule has 5 heteroatoms. The minimum Gasteiger partial charge on any atom is -0.289 e. The van der Waals surface area contributed by atoms with E-state index in [0.717, 1.165) is 10.0 Å². The van der Waals surface area contributed by atoms with Crippen molar-refractivity contribution in [1.29, 1.82) is 0 Å². The van der Waals surface area contributed by atoms with Crippen LogP contribution < -0.4 is 0 Å². The van der Waals surface area contributed by atoms with Crippen LogP contribution in [-0.2, 0) is 0 Å². The second-order valence-electron chi connectivity index (χ2n) is 4.89. The van der Waals surface area contributed by atoms with Crippen molar-refractivity contribution in [3.8, 4) is 0 Å². The average Bonchev–Trinajstić information content (AvgIpc) is 3.01. The molecule has 21 heavy (non-hydrogen) atoms. The number of hydrogen-bond donors (Lipinski definition) is 0. The molecule has 108 valence electrons. The highest BCUT2D eigenvalue weighted by Crippen LogP contribution is 2.62. The Hall–Kier alpha value is -0.160. The summed E-state index contributed by atoms with van der Waals surface area (Å²) in [7, 11) is 0. The van der Waals surface area contributed by atoms with Gasteiger partial charge in [0.25, 0.3) is 0 Å². The van der Waals surface area contributed by atoms with Crippen LogP contribution in [0.15, 0.2) is 46.9 Å². The summed E-state index contributed by atoms with van der Waals surface area (Å²) in [6.07, 6.45) is 0.685. The minimum absolute atomic E-state index is 0.128. The molecule has 0 bridgehead atoms. The highest BCUT2D eigenvalue weighted by Gasteiger charge is 2.50. The fourth-order valence-electron chi connectivity index (χ4n) is 2.14. The Balaban J connectivity index is 1.90. The largest absolute Gasteiger partial charge is 0.289 e. The summed E-state index contributed by atoms with van der Waals surface area (Å²) in [5.41, 5.74) is 1.90. The van der Waals surface area contributed by atoms with E-state index in [4.69, 9.17) is 13.0 Å². The molecule has 0 amide bonds. The lowest BCUT2D eigenvalue weighted by molar-refractivity contribution is 0.103. The number of benzene rings is 2. The predicted octanol–water partition coefficient (Wildman–Crippen LogP) is 6.31. The van der Waals surface area contributed by atoms with Crippen molar-refractivity contribution in [3.05, 3.63) is 68.7 Å². The molecule has 1 fully saturated rings. The highest BCUT2D eigenvalue weighted by atomic mass is 79.9. The van der Waals surface area contributed by atoms with Crippen LogP contribution in [0.5, 0.6) is 0 Å². The van der Waals surface area contributed by atoms with Gasteiger partial charge in [-0.3, -0.25) is 4.79 Å². The second kappa shape index (κ2) is 5.80. The van der Waals surface area contributed by atoms with Crippen LogP contribution in [0.4, 0.5) is 0 Å². The molecule has 3 rings (SSSR count). The third kappa shape index (κ3) is 3.29. The SMILES string of the molecule is [2H]C1(c2ccc(C(=O)c3cc(Br)ccc3Cl)cc2)CC1(Br)Br. The summed E-state index contributed by atoms with van der Waals surface area (Å²) in [5.74, 6) is -0.821. The van der Waals surface area contributed by atoms with E-state index in [-0.39, 0.29) is 9.02 Å². The normalized spacial score (nSPS) is 23.5. The summed E-state index contributed by atoms with van der Waals surface area (Å²) < 4.78 is 8.82. The average molecular weight is 494 g/mol. The van der Waals surface area contributed by atoms with Gasteiger partial charge >= 0.3 is 0 Å². The quantitative estimate of drug-likeness (QED) is 0.361. The number of alkyl halides is 2. The summed E-state index contributed by atoms with van der Waals surface area (Å²) in [6, 6.07) is 12.4. The maximum atomic E-state index is 12.6. The summed E-state index contributed by atoms with van der Waals surface area (Å²) in [4.78, 5) is 12.6. The van der Waals surface area contributed by atoms with Gasteiger partial charge in [0.05, 0.1) is 8.26 Å². The number of ketones is 1. The van der Waals surface area contributed by atoms with E-state index in [0.29, 0.717) is 22.6 Å². The number of halogens is 4. The molecule has 0 N–H and O–H groups in total. The zero-order valence-electron chi connectivity index (χ0n) is 11.7. The van der Waals surface area contributed by atoms with Crippen LogP contribution in [-0.4, -0.2) is 9.02 Å². The van der Waals surface area contributed by atoms with Crippen molar-refractivity contribution in [2.45, 2.75) is 15.5 Å². The van der Waals surface area contributed by atoms with Crippen LogP contribution in [0.3, 0.4) is 0 Å². The lowest BCUT2D eigenvalue weighted by atomic mass is 10.0. The van der Waals surface area contributed by atoms with E-state index in [9.17, 15) is 4.79 Å². The molecule has 0 aromatic heterocycles. The van der Waals surface area contributed by atoms with Crippen molar-refractivity contribution >= 4 is 65.2 Å².